The van der Waals surface area contributed by atoms with E-state index in [1.54, 1.807) is 6.20 Å². The molecule has 1 aromatic carbocycles. The van der Waals surface area contributed by atoms with E-state index < -0.39 is 5.91 Å². The number of carbonyl (C=O) groups is 1. The Hall–Kier alpha value is -2.23. The summed E-state index contributed by atoms with van der Waals surface area (Å²) in [6.45, 7) is 0. The molecule has 0 atom stereocenters. The van der Waals surface area contributed by atoms with Crippen LogP contribution in [-0.2, 0) is 0 Å². The zero-order valence-electron chi connectivity index (χ0n) is 8.03. The van der Waals surface area contributed by atoms with Crippen LogP contribution < -0.4 is 11.5 Å². The van der Waals surface area contributed by atoms with Crippen molar-refractivity contribution in [3.63, 3.8) is 0 Å². The van der Waals surface area contributed by atoms with Gasteiger partial charge in [-0.2, -0.15) is 0 Å². The highest BCUT2D eigenvalue weighted by atomic mass is 16.1. The Balaban J connectivity index is 2.59. The van der Waals surface area contributed by atoms with Crippen LogP contribution in [0.25, 0.3) is 11.1 Å². The van der Waals surface area contributed by atoms with Gasteiger partial charge in [-0.25, -0.2) is 0 Å². The molecule has 15 heavy (non-hydrogen) atoms. The van der Waals surface area contributed by atoms with Gasteiger partial charge in [0, 0.05) is 11.8 Å². The predicted molar refractivity (Wildman–Crippen MR) is 59.2 cm³/mol. The number of anilines is 1. The normalized spacial score (nSPS) is 10.1. The van der Waals surface area contributed by atoms with Gasteiger partial charge >= 0.3 is 0 Å². The number of nitrogen functional groups attached to an aromatic ring is 1. The molecule has 1 heterocycles. The average Bonchev–Trinajstić information content (AvgIpc) is 2.61. The second-order valence-corrected chi connectivity index (χ2v) is 3.22. The first kappa shape index (κ1) is 9.33. The monoisotopic (exact) mass is 201 g/mol. The highest BCUT2D eigenvalue weighted by Crippen LogP contribution is 2.26. The fourth-order valence-electron chi connectivity index (χ4n) is 1.55. The molecule has 0 bridgehead atoms. The van der Waals surface area contributed by atoms with Crippen molar-refractivity contribution in [2.45, 2.75) is 0 Å². The van der Waals surface area contributed by atoms with Gasteiger partial charge in [0.15, 0.2) is 0 Å². The van der Waals surface area contributed by atoms with Crippen LogP contribution in [-0.4, -0.2) is 10.9 Å². The van der Waals surface area contributed by atoms with Crippen LogP contribution in [0.3, 0.4) is 0 Å². The summed E-state index contributed by atoms with van der Waals surface area (Å²) >= 11 is 0. The largest absolute Gasteiger partial charge is 0.385 e. The third kappa shape index (κ3) is 1.57. The molecule has 2 aromatic rings. The summed E-state index contributed by atoms with van der Waals surface area (Å²) in [7, 11) is 0. The molecule has 0 saturated carbocycles. The lowest BCUT2D eigenvalue weighted by Crippen LogP contribution is -2.13. The molecule has 0 aliphatic carbocycles. The summed E-state index contributed by atoms with van der Waals surface area (Å²) in [6.07, 6.45) is 1.69. The Kier molecular flexibility index (Phi) is 2.17. The summed E-state index contributed by atoms with van der Waals surface area (Å²) in [5, 5.41) is 0. The maximum Gasteiger partial charge on any atom is 0.253 e. The van der Waals surface area contributed by atoms with Crippen LogP contribution in [0.15, 0.2) is 36.5 Å². The molecule has 4 heteroatoms. The number of carbonyl (C=O) groups excluding carboxylic acids is 1. The summed E-state index contributed by atoms with van der Waals surface area (Å²) in [5.41, 5.74) is 12.9. The number of aromatic nitrogens is 1. The van der Waals surface area contributed by atoms with Gasteiger partial charge in [-0.1, -0.05) is 30.3 Å². The standard InChI is InChI=1S/C11H11N3O/c12-10-9(11(13)15)8(6-14-10)7-4-2-1-3-5-7/h1-6,14H,12H2,(H2,13,15). The molecule has 2 rings (SSSR count). The smallest absolute Gasteiger partial charge is 0.253 e. The number of rotatable bonds is 2. The van der Waals surface area contributed by atoms with E-state index in [1.807, 2.05) is 30.3 Å². The lowest BCUT2D eigenvalue weighted by atomic mass is 10.0. The van der Waals surface area contributed by atoms with E-state index in [4.69, 9.17) is 11.5 Å². The Morgan fingerprint density at radius 2 is 1.87 bits per heavy atom. The lowest BCUT2D eigenvalue weighted by molar-refractivity contribution is 0.100. The first-order valence-corrected chi connectivity index (χ1v) is 4.52. The van der Waals surface area contributed by atoms with Gasteiger partial charge in [-0.3, -0.25) is 4.79 Å². The summed E-state index contributed by atoms with van der Waals surface area (Å²) in [4.78, 5) is 14.0. The van der Waals surface area contributed by atoms with E-state index in [-0.39, 0.29) is 0 Å². The molecule has 0 unspecified atom stereocenters. The maximum atomic E-state index is 11.2. The fraction of sp³-hybridized carbons (Fsp3) is 0. The molecule has 1 aromatic heterocycles. The number of nitrogens with two attached hydrogens (primary N) is 2. The topological polar surface area (TPSA) is 84.9 Å². The van der Waals surface area contributed by atoms with Crippen LogP contribution in [0.1, 0.15) is 10.4 Å². The summed E-state index contributed by atoms with van der Waals surface area (Å²) in [6, 6.07) is 9.49. The van der Waals surface area contributed by atoms with Gasteiger partial charge in [-0.15, -0.1) is 0 Å². The van der Waals surface area contributed by atoms with E-state index in [0.717, 1.165) is 11.1 Å². The molecular formula is C11H11N3O. The molecular weight excluding hydrogens is 190 g/mol. The molecule has 0 aliphatic rings. The Bertz CT molecular complexity index is 488. The summed E-state index contributed by atoms with van der Waals surface area (Å²) in [5.74, 6) is -0.214. The molecule has 5 N–H and O–H groups in total. The number of benzene rings is 1. The number of hydrogen-bond acceptors (Lipinski definition) is 2. The minimum atomic E-state index is -0.521. The van der Waals surface area contributed by atoms with Crippen molar-refractivity contribution in [1.82, 2.24) is 4.98 Å². The quantitative estimate of drug-likeness (QED) is 0.685. The molecule has 0 spiro atoms. The Morgan fingerprint density at radius 3 is 2.47 bits per heavy atom. The first-order valence-electron chi connectivity index (χ1n) is 4.52. The highest BCUT2D eigenvalue weighted by molar-refractivity contribution is 6.04. The third-order valence-electron chi connectivity index (χ3n) is 2.24. The summed E-state index contributed by atoms with van der Waals surface area (Å²) < 4.78 is 0. The zero-order valence-corrected chi connectivity index (χ0v) is 8.03. The predicted octanol–water partition coefficient (Wildman–Crippen LogP) is 1.36. The van der Waals surface area contributed by atoms with Crippen LogP contribution in [0, 0.1) is 0 Å². The van der Waals surface area contributed by atoms with Gasteiger partial charge < -0.3 is 16.5 Å². The van der Waals surface area contributed by atoms with Crippen molar-refractivity contribution < 1.29 is 4.79 Å². The van der Waals surface area contributed by atoms with E-state index in [2.05, 4.69) is 4.98 Å². The maximum absolute atomic E-state index is 11.2. The SMILES string of the molecule is NC(=O)c1c(-c2ccccc2)c[nH]c1N. The minimum Gasteiger partial charge on any atom is -0.385 e. The third-order valence-corrected chi connectivity index (χ3v) is 2.24. The average molecular weight is 201 g/mol. The van der Waals surface area contributed by atoms with Crippen LogP contribution in [0.2, 0.25) is 0 Å². The van der Waals surface area contributed by atoms with Crippen molar-refractivity contribution in [1.29, 1.82) is 0 Å². The van der Waals surface area contributed by atoms with Gasteiger partial charge in [0.05, 0.1) is 5.56 Å². The Labute approximate surface area is 86.9 Å². The molecule has 0 radical (unpaired) electrons. The minimum absolute atomic E-state index is 0.307. The number of nitrogens with one attached hydrogen (secondary N) is 1. The van der Waals surface area contributed by atoms with Crippen molar-refractivity contribution in [2.75, 3.05) is 5.73 Å². The number of amides is 1. The van der Waals surface area contributed by atoms with Crippen LogP contribution in [0.5, 0.6) is 0 Å². The van der Waals surface area contributed by atoms with Crippen LogP contribution in [0.4, 0.5) is 5.82 Å². The molecule has 0 aliphatic heterocycles. The van der Waals surface area contributed by atoms with E-state index in [0.29, 0.717) is 11.4 Å². The lowest BCUT2D eigenvalue weighted by Gasteiger charge is -2.00. The Morgan fingerprint density at radius 1 is 1.20 bits per heavy atom. The molecule has 1 amide bonds. The van der Waals surface area contributed by atoms with E-state index >= 15 is 0 Å². The second-order valence-electron chi connectivity index (χ2n) is 3.22. The number of hydrogen-bond donors (Lipinski definition) is 3. The first-order chi connectivity index (χ1) is 7.20. The van der Waals surface area contributed by atoms with Crippen molar-refractivity contribution in [2.24, 2.45) is 5.73 Å². The molecule has 0 saturated heterocycles. The second kappa shape index (κ2) is 3.49. The van der Waals surface area contributed by atoms with Crippen molar-refractivity contribution in [3.8, 4) is 11.1 Å². The van der Waals surface area contributed by atoms with E-state index in [9.17, 15) is 4.79 Å². The molecule has 0 fully saturated rings. The van der Waals surface area contributed by atoms with Gasteiger partial charge in [0.2, 0.25) is 0 Å². The zero-order chi connectivity index (χ0) is 10.8. The fourth-order valence-corrected chi connectivity index (χ4v) is 1.55. The van der Waals surface area contributed by atoms with Gasteiger partial charge in [0.25, 0.3) is 5.91 Å². The van der Waals surface area contributed by atoms with Crippen LogP contribution >= 0.6 is 0 Å². The van der Waals surface area contributed by atoms with Crippen molar-refractivity contribution in [3.05, 3.63) is 42.1 Å². The number of aromatic amines is 1. The molecule has 4 nitrogen and oxygen atoms in total. The molecule has 76 valence electrons. The number of primary amides is 1. The van der Waals surface area contributed by atoms with Crippen molar-refractivity contribution >= 4 is 11.7 Å². The van der Waals surface area contributed by atoms with E-state index in [1.165, 1.54) is 0 Å². The van der Waals surface area contributed by atoms with Gasteiger partial charge in [-0.05, 0) is 5.56 Å². The highest BCUT2D eigenvalue weighted by Gasteiger charge is 2.14. The van der Waals surface area contributed by atoms with Gasteiger partial charge in [0.1, 0.15) is 5.82 Å². The number of H-pyrrole nitrogens is 1.